The number of alkyl halides is 1. The van der Waals surface area contributed by atoms with Gasteiger partial charge in [0.1, 0.15) is 5.75 Å². The Balaban J connectivity index is 2.64. The van der Waals surface area contributed by atoms with Crippen LogP contribution >= 0.6 is 11.6 Å². The van der Waals surface area contributed by atoms with Crippen molar-refractivity contribution in [3.8, 4) is 17.6 Å². The van der Waals surface area contributed by atoms with Gasteiger partial charge in [-0.1, -0.05) is 38.5 Å². The Morgan fingerprint density at radius 3 is 2.58 bits per heavy atom. The first-order valence-electron chi connectivity index (χ1n) is 6.99. The zero-order valence-electron chi connectivity index (χ0n) is 12.1. The van der Waals surface area contributed by atoms with Gasteiger partial charge in [-0.2, -0.15) is 0 Å². The third-order valence-corrected chi connectivity index (χ3v) is 3.47. The van der Waals surface area contributed by atoms with Gasteiger partial charge in [-0.05, 0) is 36.6 Å². The van der Waals surface area contributed by atoms with Crippen molar-refractivity contribution >= 4 is 11.6 Å². The van der Waals surface area contributed by atoms with Gasteiger partial charge in [0.15, 0.2) is 0 Å². The second-order valence-corrected chi connectivity index (χ2v) is 5.09. The molecule has 0 heterocycles. The number of ether oxygens (including phenoxy) is 1. The minimum atomic E-state index is 0.586. The average Bonchev–Trinajstić information content (AvgIpc) is 2.42. The highest BCUT2D eigenvalue weighted by Crippen LogP contribution is 2.18. The molecule has 1 rings (SSSR count). The van der Waals surface area contributed by atoms with E-state index in [0.717, 1.165) is 42.7 Å². The number of hydrogen-bond donors (Lipinski definition) is 0. The minimum absolute atomic E-state index is 0.586. The van der Waals surface area contributed by atoms with E-state index in [9.17, 15) is 0 Å². The molecule has 0 bridgehead atoms. The maximum Gasteiger partial charge on any atom is 0.119 e. The fourth-order valence-electron chi connectivity index (χ4n) is 1.81. The summed E-state index contributed by atoms with van der Waals surface area (Å²) in [6.07, 6.45) is 3.06. The Bertz CT molecular complexity index is 438. The van der Waals surface area contributed by atoms with Gasteiger partial charge in [0.2, 0.25) is 0 Å². The zero-order chi connectivity index (χ0) is 14.1. The van der Waals surface area contributed by atoms with E-state index in [0.29, 0.717) is 11.8 Å². The summed E-state index contributed by atoms with van der Waals surface area (Å²) in [7, 11) is 0. The summed E-state index contributed by atoms with van der Waals surface area (Å²) in [5.74, 6) is 8.36. The van der Waals surface area contributed by atoms with Crippen LogP contribution in [0.25, 0.3) is 0 Å². The van der Waals surface area contributed by atoms with E-state index in [2.05, 4.69) is 38.7 Å². The van der Waals surface area contributed by atoms with Gasteiger partial charge in [0.05, 0.1) is 6.61 Å². The topological polar surface area (TPSA) is 9.23 Å². The number of halogens is 1. The zero-order valence-corrected chi connectivity index (χ0v) is 12.9. The lowest BCUT2D eigenvalue weighted by Gasteiger charge is -2.14. The molecule has 0 N–H and O–H groups in total. The normalized spacial score (nSPS) is 10.2. The number of hydrogen-bond acceptors (Lipinski definition) is 1. The Kier molecular flexibility index (Phi) is 7.45. The number of benzene rings is 1. The van der Waals surface area contributed by atoms with Gasteiger partial charge in [-0.3, -0.25) is 0 Å². The van der Waals surface area contributed by atoms with Gasteiger partial charge in [0.25, 0.3) is 0 Å². The fraction of sp³-hybridized carbons (Fsp3) is 0.529. The van der Waals surface area contributed by atoms with E-state index < -0.39 is 0 Å². The predicted octanol–water partition coefficient (Wildman–Crippen LogP) is 4.79. The smallest absolute Gasteiger partial charge is 0.119 e. The largest absolute Gasteiger partial charge is 0.493 e. The van der Waals surface area contributed by atoms with E-state index in [1.54, 1.807) is 0 Å². The molecular formula is C17H23ClO. The fourth-order valence-corrected chi connectivity index (χ4v) is 1.90. The van der Waals surface area contributed by atoms with Crippen LogP contribution in [0.5, 0.6) is 5.75 Å². The summed E-state index contributed by atoms with van der Waals surface area (Å²) < 4.78 is 5.84. The van der Waals surface area contributed by atoms with Crippen molar-refractivity contribution < 1.29 is 4.74 Å². The van der Waals surface area contributed by atoms with Crippen molar-refractivity contribution in [2.45, 2.75) is 40.0 Å². The lowest BCUT2D eigenvalue weighted by molar-refractivity contribution is 0.240. The molecule has 0 radical (unpaired) electrons. The van der Waals surface area contributed by atoms with Crippen LogP contribution in [0.15, 0.2) is 18.2 Å². The molecule has 0 saturated heterocycles. The highest BCUT2D eigenvalue weighted by Gasteiger charge is 2.05. The van der Waals surface area contributed by atoms with E-state index in [-0.39, 0.29) is 0 Å². The summed E-state index contributed by atoms with van der Waals surface area (Å²) in [6, 6.07) is 6.09. The van der Waals surface area contributed by atoms with Crippen molar-refractivity contribution in [3.05, 3.63) is 29.3 Å². The van der Waals surface area contributed by atoms with E-state index in [4.69, 9.17) is 16.3 Å². The minimum Gasteiger partial charge on any atom is -0.493 e. The first-order valence-corrected chi connectivity index (χ1v) is 7.53. The summed E-state index contributed by atoms with van der Waals surface area (Å²) in [5, 5.41) is 0. The molecular weight excluding hydrogens is 256 g/mol. The predicted molar refractivity (Wildman–Crippen MR) is 83.0 cm³/mol. The van der Waals surface area contributed by atoms with Crippen LogP contribution in [0.1, 0.15) is 44.2 Å². The molecule has 104 valence electrons. The number of aryl methyl sites for hydroxylation is 1. The summed E-state index contributed by atoms with van der Waals surface area (Å²) >= 11 is 5.61. The van der Waals surface area contributed by atoms with Gasteiger partial charge in [-0.25, -0.2) is 0 Å². The van der Waals surface area contributed by atoms with Crippen LogP contribution < -0.4 is 4.74 Å². The molecule has 0 aromatic heterocycles. The SMILES string of the molecule is CCC(CC)COc1ccc(C#CCCCl)c(C)c1. The molecule has 0 atom stereocenters. The molecule has 2 heteroatoms. The van der Waals surface area contributed by atoms with Crippen molar-refractivity contribution in [2.75, 3.05) is 12.5 Å². The van der Waals surface area contributed by atoms with Gasteiger partial charge < -0.3 is 4.74 Å². The number of rotatable bonds is 6. The van der Waals surface area contributed by atoms with Crippen molar-refractivity contribution in [3.63, 3.8) is 0 Å². The molecule has 0 fully saturated rings. The highest BCUT2D eigenvalue weighted by atomic mass is 35.5. The molecule has 0 aliphatic heterocycles. The van der Waals surface area contributed by atoms with Gasteiger partial charge >= 0.3 is 0 Å². The van der Waals surface area contributed by atoms with Crippen LogP contribution in [0.4, 0.5) is 0 Å². The van der Waals surface area contributed by atoms with Crippen molar-refractivity contribution in [1.82, 2.24) is 0 Å². The van der Waals surface area contributed by atoms with Crippen LogP contribution in [0, 0.1) is 24.7 Å². The summed E-state index contributed by atoms with van der Waals surface area (Å²) in [4.78, 5) is 0. The molecule has 1 aromatic carbocycles. The van der Waals surface area contributed by atoms with E-state index >= 15 is 0 Å². The van der Waals surface area contributed by atoms with E-state index in [1.807, 2.05) is 12.1 Å². The lowest BCUT2D eigenvalue weighted by atomic mass is 10.1. The van der Waals surface area contributed by atoms with Crippen LogP contribution in [-0.2, 0) is 0 Å². The van der Waals surface area contributed by atoms with Gasteiger partial charge in [0, 0.05) is 17.9 Å². The maximum absolute atomic E-state index is 5.84. The Morgan fingerprint density at radius 1 is 1.26 bits per heavy atom. The molecule has 1 nitrogen and oxygen atoms in total. The molecule has 1 aromatic rings. The summed E-state index contributed by atoms with van der Waals surface area (Å²) in [6.45, 7) is 7.27. The molecule has 0 aliphatic carbocycles. The van der Waals surface area contributed by atoms with Crippen molar-refractivity contribution in [2.24, 2.45) is 5.92 Å². The quantitative estimate of drug-likeness (QED) is 0.537. The summed E-state index contributed by atoms with van der Waals surface area (Å²) in [5.41, 5.74) is 2.21. The molecule has 19 heavy (non-hydrogen) atoms. The van der Waals surface area contributed by atoms with E-state index in [1.165, 1.54) is 0 Å². The standard InChI is InChI=1S/C17H23ClO/c1-4-15(5-2)13-19-17-10-9-16(14(3)12-17)8-6-7-11-18/h9-10,12,15H,4-5,7,11,13H2,1-3H3. The molecule has 0 spiro atoms. The third-order valence-electron chi connectivity index (χ3n) is 3.28. The molecule has 0 aliphatic rings. The second kappa shape index (κ2) is 8.88. The Labute approximate surface area is 122 Å². The third kappa shape index (κ3) is 5.57. The molecule has 0 unspecified atom stereocenters. The second-order valence-electron chi connectivity index (χ2n) is 4.71. The average molecular weight is 279 g/mol. The molecule has 0 saturated carbocycles. The maximum atomic E-state index is 5.84. The van der Waals surface area contributed by atoms with Crippen molar-refractivity contribution in [1.29, 1.82) is 0 Å². The van der Waals surface area contributed by atoms with Crippen LogP contribution in [-0.4, -0.2) is 12.5 Å². The first kappa shape index (κ1) is 15.9. The lowest BCUT2D eigenvalue weighted by Crippen LogP contribution is -2.10. The Morgan fingerprint density at radius 2 is 2.00 bits per heavy atom. The Hall–Kier alpha value is -1.13. The van der Waals surface area contributed by atoms with Crippen LogP contribution in [0.2, 0.25) is 0 Å². The van der Waals surface area contributed by atoms with Crippen LogP contribution in [0.3, 0.4) is 0 Å². The molecule has 0 amide bonds. The highest BCUT2D eigenvalue weighted by molar-refractivity contribution is 6.18. The first-order chi connectivity index (χ1) is 9.21. The van der Waals surface area contributed by atoms with Gasteiger partial charge in [-0.15, -0.1) is 11.6 Å². The monoisotopic (exact) mass is 278 g/mol.